The number of hydrogen-bond donors (Lipinski definition) is 1. The molecule has 5 nitrogen and oxygen atoms in total. The topological polar surface area (TPSA) is 50.8 Å². The van der Waals surface area contributed by atoms with E-state index in [9.17, 15) is 4.79 Å². The van der Waals surface area contributed by atoms with Crippen LogP contribution in [0.3, 0.4) is 0 Å². The van der Waals surface area contributed by atoms with Crippen molar-refractivity contribution in [3.05, 3.63) is 24.3 Å². The summed E-state index contributed by atoms with van der Waals surface area (Å²) in [4.78, 5) is 13.8. The first-order valence-corrected chi connectivity index (χ1v) is 7.62. The van der Waals surface area contributed by atoms with E-state index in [4.69, 9.17) is 9.47 Å². The van der Waals surface area contributed by atoms with Crippen molar-refractivity contribution in [3.8, 4) is 5.75 Å². The summed E-state index contributed by atoms with van der Waals surface area (Å²) in [6.45, 7) is 5.84. The lowest BCUT2D eigenvalue weighted by molar-refractivity contribution is -0.133. The molecule has 0 atom stereocenters. The number of hydrogen-bond acceptors (Lipinski definition) is 4. The van der Waals surface area contributed by atoms with Crippen molar-refractivity contribution < 1.29 is 14.3 Å². The van der Waals surface area contributed by atoms with Gasteiger partial charge in [0.2, 0.25) is 5.91 Å². The Labute approximate surface area is 126 Å². The fourth-order valence-electron chi connectivity index (χ4n) is 2.11. The van der Waals surface area contributed by atoms with Crippen molar-refractivity contribution in [2.75, 3.05) is 44.8 Å². The van der Waals surface area contributed by atoms with Crippen LogP contribution in [-0.2, 0) is 9.53 Å². The molecule has 1 aliphatic heterocycles. The van der Waals surface area contributed by atoms with Gasteiger partial charge in [0, 0.05) is 18.8 Å². The predicted molar refractivity (Wildman–Crippen MR) is 82.7 cm³/mol. The molecule has 1 aromatic rings. The average molecular weight is 292 g/mol. The molecule has 1 N–H and O–H groups in total. The van der Waals surface area contributed by atoms with E-state index in [0.717, 1.165) is 30.9 Å². The van der Waals surface area contributed by atoms with E-state index in [1.165, 1.54) is 0 Å². The van der Waals surface area contributed by atoms with Crippen LogP contribution in [0.2, 0.25) is 0 Å². The Morgan fingerprint density at radius 1 is 1.29 bits per heavy atom. The number of unbranched alkanes of at least 4 members (excludes halogenated alkanes) is 1. The van der Waals surface area contributed by atoms with Crippen LogP contribution in [0, 0.1) is 0 Å². The van der Waals surface area contributed by atoms with Crippen molar-refractivity contribution in [2.45, 2.75) is 19.8 Å². The molecule has 116 valence electrons. The van der Waals surface area contributed by atoms with E-state index in [0.29, 0.717) is 32.8 Å². The van der Waals surface area contributed by atoms with Gasteiger partial charge in [-0.3, -0.25) is 4.79 Å². The van der Waals surface area contributed by atoms with Crippen LogP contribution in [0.5, 0.6) is 5.75 Å². The number of nitrogens with zero attached hydrogens (tertiary/aromatic N) is 1. The minimum atomic E-state index is 0.113. The molecule has 0 spiro atoms. The fraction of sp³-hybridized carbons (Fsp3) is 0.562. The van der Waals surface area contributed by atoms with Crippen LogP contribution < -0.4 is 10.1 Å². The molecule has 0 aromatic heterocycles. The molecule has 2 rings (SSSR count). The van der Waals surface area contributed by atoms with Crippen LogP contribution in [0.4, 0.5) is 5.69 Å². The van der Waals surface area contributed by atoms with Crippen molar-refractivity contribution in [1.82, 2.24) is 4.90 Å². The number of benzene rings is 1. The van der Waals surface area contributed by atoms with Crippen LogP contribution in [-0.4, -0.2) is 50.3 Å². The lowest BCUT2D eigenvalue weighted by Crippen LogP contribution is -2.43. The van der Waals surface area contributed by atoms with Crippen LogP contribution in [0.1, 0.15) is 19.8 Å². The first-order chi connectivity index (χ1) is 10.3. The van der Waals surface area contributed by atoms with E-state index in [1.54, 1.807) is 0 Å². The monoisotopic (exact) mass is 292 g/mol. The zero-order chi connectivity index (χ0) is 14.9. The Bertz CT molecular complexity index is 428. The van der Waals surface area contributed by atoms with Gasteiger partial charge in [-0.15, -0.1) is 0 Å². The van der Waals surface area contributed by atoms with Gasteiger partial charge in [-0.1, -0.05) is 13.3 Å². The van der Waals surface area contributed by atoms with Gasteiger partial charge >= 0.3 is 0 Å². The average Bonchev–Trinajstić information content (AvgIpc) is 2.55. The summed E-state index contributed by atoms with van der Waals surface area (Å²) in [5, 5.41) is 3.15. The smallest absolute Gasteiger partial charge is 0.242 e. The largest absolute Gasteiger partial charge is 0.494 e. The Kier molecular flexibility index (Phi) is 6.34. The maximum Gasteiger partial charge on any atom is 0.242 e. The molecule has 0 unspecified atom stereocenters. The third-order valence-electron chi connectivity index (χ3n) is 3.43. The highest BCUT2D eigenvalue weighted by Gasteiger charge is 2.16. The SMILES string of the molecule is CCCCOc1ccc(NCC(=O)N2CCOCC2)cc1. The molecular weight excluding hydrogens is 268 g/mol. The standard InChI is InChI=1S/C16H24N2O3/c1-2-3-10-21-15-6-4-14(5-7-15)17-13-16(19)18-8-11-20-12-9-18/h4-7,17H,2-3,8-13H2,1H3. The molecular formula is C16H24N2O3. The third kappa shape index (κ3) is 5.27. The first kappa shape index (κ1) is 15.6. The molecule has 0 bridgehead atoms. The molecule has 1 fully saturated rings. The number of ether oxygens (including phenoxy) is 2. The number of nitrogens with one attached hydrogen (secondary N) is 1. The Balaban J connectivity index is 1.73. The number of carbonyl (C=O) groups excluding carboxylic acids is 1. The maximum absolute atomic E-state index is 12.0. The molecule has 1 aliphatic rings. The zero-order valence-corrected chi connectivity index (χ0v) is 12.6. The van der Waals surface area contributed by atoms with Crippen molar-refractivity contribution >= 4 is 11.6 Å². The maximum atomic E-state index is 12.0. The molecule has 21 heavy (non-hydrogen) atoms. The van der Waals surface area contributed by atoms with Gasteiger partial charge < -0.3 is 19.7 Å². The van der Waals surface area contributed by atoms with Crippen molar-refractivity contribution in [3.63, 3.8) is 0 Å². The van der Waals surface area contributed by atoms with E-state index in [1.807, 2.05) is 29.2 Å². The minimum Gasteiger partial charge on any atom is -0.494 e. The number of anilines is 1. The van der Waals surface area contributed by atoms with E-state index < -0.39 is 0 Å². The zero-order valence-electron chi connectivity index (χ0n) is 12.6. The van der Waals surface area contributed by atoms with Crippen LogP contribution >= 0.6 is 0 Å². The fourth-order valence-corrected chi connectivity index (χ4v) is 2.11. The van der Waals surface area contributed by atoms with E-state index >= 15 is 0 Å². The summed E-state index contributed by atoms with van der Waals surface area (Å²) in [6.07, 6.45) is 2.19. The lowest BCUT2D eigenvalue weighted by Gasteiger charge is -2.27. The molecule has 0 radical (unpaired) electrons. The van der Waals surface area contributed by atoms with Crippen LogP contribution in [0.15, 0.2) is 24.3 Å². The quantitative estimate of drug-likeness (QED) is 0.782. The van der Waals surface area contributed by atoms with E-state index in [-0.39, 0.29) is 5.91 Å². The van der Waals surface area contributed by atoms with Gasteiger partial charge in [0.25, 0.3) is 0 Å². The summed E-state index contributed by atoms with van der Waals surface area (Å²) < 4.78 is 10.8. The second-order valence-corrected chi connectivity index (χ2v) is 5.07. The van der Waals surface area contributed by atoms with Gasteiger partial charge in [-0.2, -0.15) is 0 Å². The minimum absolute atomic E-state index is 0.113. The molecule has 5 heteroatoms. The van der Waals surface area contributed by atoms with Gasteiger partial charge in [-0.25, -0.2) is 0 Å². The highest BCUT2D eigenvalue weighted by atomic mass is 16.5. The Morgan fingerprint density at radius 3 is 2.67 bits per heavy atom. The summed E-state index contributed by atoms with van der Waals surface area (Å²) in [7, 11) is 0. The molecule has 0 saturated carbocycles. The number of carbonyl (C=O) groups is 1. The molecule has 1 aromatic carbocycles. The molecule has 1 saturated heterocycles. The molecule has 0 aliphatic carbocycles. The molecule has 1 heterocycles. The summed E-state index contributed by atoms with van der Waals surface area (Å²) >= 11 is 0. The summed E-state index contributed by atoms with van der Waals surface area (Å²) in [5.41, 5.74) is 0.930. The van der Waals surface area contributed by atoms with Gasteiger partial charge in [0.05, 0.1) is 26.4 Å². The Hall–Kier alpha value is -1.75. The Morgan fingerprint density at radius 2 is 2.00 bits per heavy atom. The van der Waals surface area contributed by atoms with E-state index in [2.05, 4.69) is 12.2 Å². The lowest BCUT2D eigenvalue weighted by atomic mass is 10.3. The first-order valence-electron chi connectivity index (χ1n) is 7.62. The summed E-state index contributed by atoms with van der Waals surface area (Å²) in [6, 6.07) is 7.73. The second-order valence-electron chi connectivity index (χ2n) is 5.07. The van der Waals surface area contributed by atoms with Crippen LogP contribution in [0.25, 0.3) is 0 Å². The number of morpholine rings is 1. The third-order valence-corrected chi connectivity index (χ3v) is 3.43. The normalized spacial score (nSPS) is 14.8. The second kappa shape index (κ2) is 8.52. The molecule has 1 amide bonds. The van der Waals surface area contributed by atoms with Gasteiger partial charge in [0.15, 0.2) is 0 Å². The summed E-state index contributed by atoms with van der Waals surface area (Å²) in [5.74, 6) is 0.982. The number of amides is 1. The number of rotatable bonds is 7. The van der Waals surface area contributed by atoms with Crippen molar-refractivity contribution in [2.24, 2.45) is 0 Å². The van der Waals surface area contributed by atoms with Crippen molar-refractivity contribution in [1.29, 1.82) is 0 Å². The van der Waals surface area contributed by atoms with Gasteiger partial charge in [0.1, 0.15) is 5.75 Å². The highest BCUT2D eigenvalue weighted by Crippen LogP contribution is 2.16. The highest BCUT2D eigenvalue weighted by molar-refractivity contribution is 5.81. The predicted octanol–water partition coefficient (Wildman–Crippen LogP) is 2.14. The van der Waals surface area contributed by atoms with Gasteiger partial charge in [-0.05, 0) is 30.7 Å².